The Morgan fingerprint density at radius 1 is 1.13 bits per heavy atom. The summed E-state index contributed by atoms with van der Waals surface area (Å²) in [4.78, 5) is 27.4. The van der Waals surface area contributed by atoms with Gasteiger partial charge in [-0.15, -0.1) is 10.2 Å². The molecule has 2 saturated heterocycles. The first-order chi connectivity index (χ1) is 19.0. The quantitative estimate of drug-likeness (QED) is 0.327. The van der Waals surface area contributed by atoms with Crippen LogP contribution in [0.15, 0.2) is 60.2 Å². The summed E-state index contributed by atoms with van der Waals surface area (Å²) in [6.07, 6.45) is 5.60. The van der Waals surface area contributed by atoms with Crippen molar-refractivity contribution in [3.8, 4) is 22.5 Å². The Morgan fingerprint density at radius 2 is 1.87 bits per heavy atom. The summed E-state index contributed by atoms with van der Waals surface area (Å²) in [5.41, 5.74) is 4.76. The fourth-order valence-electron chi connectivity index (χ4n) is 6.14. The number of tetrazole rings is 1. The van der Waals surface area contributed by atoms with Crippen LogP contribution in [-0.4, -0.2) is 67.3 Å². The minimum Gasteiger partial charge on any atom is -0.464 e. The number of aromatic amines is 1. The largest absolute Gasteiger partial charge is 0.464 e. The molecule has 2 fully saturated rings. The molecule has 2 aliphatic heterocycles. The average Bonchev–Trinajstić information content (AvgIpc) is 3.59. The number of amides is 1. The summed E-state index contributed by atoms with van der Waals surface area (Å²) in [5, 5.41) is 18.4. The Labute approximate surface area is 229 Å². The van der Waals surface area contributed by atoms with Gasteiger partial charge in [0.05, 0.1) is 12.5 Å². The molecule has 2 aliphatic rings. The molecule has 0 spiro atoms. The molecule has 3 aromatic rings. The highest BCUT2D eigenvalue weighted by atomic mass is 16.5. The van der Waals surface area contributed by atoms with Crippen molar-refractivity contribution in [2.24, 2.45) is 0 Å². The molecule has 5 rings (SSSR count). The summed E-state index contributed by atoms with van der Waals surface area (Å²) in [6.45, 7) is 8.32. The van der Waals surface area contributed by atoms with Crippen molar-refractivity contribution in [3.63, 3.8) is 0 Å². The highest BCUT2D eigenvalue weighted by Crippen LogP contribution is 2.44. The van der Waals surface area contributed by atoms with Crippen LogP contribution >= 0.6 is 0 Å². The van der Waals surface area contributed by atoms with E-state index in [9.17, 15) is 9.59 Å². The van der Waals surface area contributed by atoms with Gasteiger partial charge in [0.15, 0.2) is 6.04 Å². The van der Waals surface area contributed by atoms with E-state index in [2.05, 4.69) is 51.6 Å². The van der Waals surface area contributed by atoms with E-state index in [1.807, 2.05) is 49.4 Å². The first-order valence-electron chi connectivity index (χ1n) is 13.9. The van der Waals surface area contributed by atoms with Gasteiger partial charge in [0.2, 0.25) is 11.7 Å². The van der Waals surface area contributed by atoms with Gasteiger partial charge in [-0.05, 0) is 61.1 Å². The molecule has 4 unspecified atom stereocenters. The Balaban J connectivity index is 1.53. The molecule has 1 N–H and O–H groups in total. The molecule has 0 aliphatic carbocycles. The summed E-state index contributed by atoms with van der Waals surface area (Å²) in [5.74, 6) is -0.239. The predicted molar refractivity (Wildman–Crippen MR) is 148 cm³/mol. The number of benzene rings is 2. The Kier molecular flexibility index (Phi) is 7.88. The van der Waals surface area contributed by atoms with Crippen LogP contribution in [0.4, 0.5) is 0 Å². The minimum absolute atomic E-state index is 0.0275. The number of carbonyl (C=O) groups is 2. The number of fused-ring (bicyclic) bond motifs is 1. The van der Waals surface area contributed by atoms with Crippen molar-refractivity contribution in [2.45, 2.75) is 77.4 Å². The Bertz CT molecular complexity index is 1340. The van der Waals surface area contributed by atoms with Crippen LogP contribution in [0.1, 0.15) is 64.9 Å². The average molecular weight is 529 g/mol. The zero-order chi connectivity index (χ0) is 27.5. The maximum Gasteiger partial charge on any atom is 0.334 e. The molecule has 0 bridgehead atoms. The lowest BCUT2D eigenvalue weighted by atomic mass is 9.87. The van der Waals surface area contributed by atoms with E-state index < -0.39 is 6.04 Å². The van der Waals surface area contributed by atoms with Crippen molar-refractivity contribution < 1.29 is 14.3 Å². The van der Waals surface area contributed by atoms with Gasteiger partial charge in [0.1, 0.15) is 0 Å². The summed E-state index contributed by atoms with van der Waals surface area (Å²) in [6, 6.07) is 15.5. The van der Waals surface area contributed by atoms with Gasteiger partial charge in [-0.1, -0.05) is 74.4 Å². The molecule has 0 saturated carbocycles. The summed E-state index contributed by atoms with van der Waals surface area (Å²) in [7, 11) is 0. The van der Waals surface area contributed by atoms with Crippen molar-refractivity contribution in [1.82, 2.24) is 30.6 Å². The topological polar surface area (TPSA) is 104 Å². The van der Waals surface area contributed by atoms with Crippen molar-refractivity contribution in [1.29, 1.82) is 0 Å². The number of rotatable bonds is 8. The van der Waals surface area contributed by atoms with Crippen LogP contribution in [0.25, 0.3) is 22.5 Å². The maximum absolute atomic E-state index is 14.2. The zero-order valence-electron chi connectivity index (χ0n) is 23.0. The van der Waals surface area contributed by atoms with E-state index in [-0.39, 0.29) is 36.5 Å². The van der Waals surface area contributed by atoms with Gasteiger partial charge in [0.25, 0.3) is 0 Å². The molecule has 1 amide bonds. The number of ether oxygens (including phenoxy) is 1. The van der Waals surface area contributed by atoms with E-state index in [4.69, 9.17) is 4.74 Å². The second kappa shape index (κ2) is 11.5. The molecular formula is C30H36N6O3. The number of hydrogen-bond donors (Lipinski definition) is 1. The summed E-state index contributed by atoms with van der Waals surface area (Å²) >= 11 is 0. The number of esters is 1. The number of carbonyl (C=O) groups excluding carboxylic acids is 2. The lowest BCUT2D eigenvalue weighted by Gasteiger charge is -2.45. The molecule has 1 aromatic heterocycles. The lowest BCUT2D eigenvalue weighted by molar-refractivity contribution is -0.170. The van der Waals surface area contributed by atoms with Gasteiger partial charge < -0.3 is 4.74 Å². The highest BCUT2D eigenvalue weighted by molar-refractivity contribution is 5.93. The number of allylic oxidation sites excluding steroid dienone is 1. The molecule has 9 nitrogen and oxygen atoms in total. The Hall–Kier alpha value is -3.85. The third kappa shape index (κ3) is 4.87. The van der Waals surface area contributed by atoms with Crippen LogP contribution in [0, 0.1) is 0 Å². The molecule has 4 atom stereocenters. The monoisotopic (exact) mass is 528 g/mol. The van der Waals surface area contributed by atoms with Gasteiger partial charge in [-0.25, -0.2) is 9.80 Å². The number of aromatic nitrogens is 4. The SMILES string of the molecule is CC=C1CC(C)N2C(CCCC)C(c3ccc(-c4ccccc4-c4nn[nH]n4)cc3)C(=O)N2C1C(=O)OCC. The predicted octanol–water partition coefficient (Wildman–Crippen LogP) is 4.91. The molecular weight excluding hydrogens is 492 g/mol. The summed E-state index contributed by atoms with van der Waals surface area (Å²) < 4.78 is 5.45. The van der Waals surface area contributed by atoms with Gasteiger partial charge in [0, 0.05) is 17.6 Å². The van der Waals surface area contributed by atoms with E-state index in [1.165, 1.54) is 0 Å². The second-order valence-electron chi connectivity index (χ2n) is 10.2. The van der Waals surface area contributed by atoms with Crippen LogP contribution in [-0.2, 0) is 14.3 Å². The van der Waals surface area contributed by atoms with Crippen LogP contribution < -0.4 is 0 Å². The van der Waals surface area contributed by atoms with E-state index >= 15 is 0 Å². The number of nitrogens with one attached hydrogen (secondary N) is 1. The van der Waals surface area contributed by atoms with E-state index in [1.54, 1.807) is 11.9 Å². The van der Waals surface area contributed by atoms with Crippen LogP contribution in [0.2, 0.25) is 0 Å². The maximum atomic E-state index is 14.2. The molecule has 39 heavy (non-hydrogen) atoms. The van der Waals surface area contributed by atoms with Gasteiger partial charge in [-0.3, -0.25) is 9.80 Å². The second-order valence-corrected chi connectivity index (χ2v) is 10.2. The number of nitrogens with zero attached hydrogens (tertiary/aromatic N) is 5. The van der Waals surface area contributed by atoms with Crippen molar-refractivity contribution >= 4 is 11.9 Å². The fourth-order valence-corrected chi connectivity index (χ4v) is 6.14. The molecule has 0 radical (unpaired) electrons. The molecule has 3 heterocycles. The fraction of sp³-hybridized carbons (Fsp3) is 0.433. The first-order valence-corrected chi connectivity index (χ1v) is 13.9. The van der Waals surface area contributed by atoms with Gasteiger partial charge >= 0.3 is 5.97 Å². The van der Waals surface area contributed by atoms with E-state index in [0.29, 0.717) is 5.82 Å². The first kappa shape index (κ1) is 26.7. The van der Waals surface area contributed by atoms with Gasteiger partial charge in [-0.2, -0.15) is 5.21 Å². The number of hydrogen-bond acceptors (Lipinski definition) is 7. The number of unbranched alkanes of at least 4 members (excludes halogenated alkanes) is 1. The zero-order valence-corrected chi connectivity index (χ0v) is 23.0. The standard InChI is InChI=1S/C30H36N6O3/c1-5-8-13-25-26(29(37)36-27(30(38)39-7-3)20(6-2)18-19(4)35(25)36)22-16-14-21(15-17-22)23-11-9-10-12-24(23)28-31-33-34-32-28/h6,9-12,14-17,19,25-27H,5,7-8,13,18H2,1-4H3,(H,31,32,33,34). The van der Waals surface area contributed by atoms with Crippen molar-refractivity contribution in [2.75, 3.05) is 6.61 Å². The number of H-pyrrole nitrogens is 1. The lowest BCUT2D eigenvalue weighted by Crippen LogP contribution is -2.59. The molecule has 9 heteroatoms. The third-order valence-corrected chi connectivity index (χ3v) is 7.87. The molecule has 204 valence electrons. The highest BCUT2D eigenvalue weighted by Gasteiger charge is 2.55. The van der Waals surface area contributed by atoms with Crippen LogP contribution in [0.5, 0.6) is 0 Å². The number of hydrazine groups is 1. The third-order valence-electron chi connectivity index (χ3n) is 7.87. The smallest absolute Gasteiger partial charge is 0.334 e. The minimum atomic E-state index is -0.714. The normalized spacial score (nSPS) is 24.3. The van der Waals surface area contributed by atoms with Crippen molar-refractivity contribution in [3.05, 3.63) is 65.7 Å². The van der Waals surface area contributed by atoms with Crippen LogP contribution in [0.3, 0.4) is 0 Å². The Morgan fingerprint density at radius 3 is 2.51 bits per heavy atom. The van der Waals surface area contributed by atoms with E-state index in [0.717, 1.165) is 53.5 Å². The molecule has 2 aromatic carbocycles.